The van der Waals surface area contributed by atoms with E-state index in [2.05, 4.69) is 9.97 Å². The molecule has 0 aliphatic carbocycles. The average Bonchev–Trinajstić information content (AvgIpc) is 3.16. The number of benzene rings is 3. The van der Waals surface area contributed by atoms with Crippen molar-refractivity contribution in [2.24, 2.45) is 0 Å². The zero-order chi connectivity index (χ0) is 21.5. The third kappa shape index (κ3) is 3.19. The molecule has 0 spiro atoms. The van der Waals surface area contributed by atoms with Crippen LogP contribution in [0.15, 0.2) is 60.7 Å². The first-order valence-corrected chi connectivity index (χ1v) is 9.84. The van der Waals surface area contributed by atoms with Crippen LogP contribution in [0, 0.1) is 5.82 Å². The Kier molecular flexibility index (Phi) is 4.60. The number of anilines is 1. The maximum atomic E-state index is 13.7. The van der Waals surface area contributed by atoms with E-state index in [4.69, 9.17) is 5.73 Å². The van der Waals surface area contributed by atoms with Crippen LogP contribution in [0.5, 0.6) is 0 Å². The highest BCUT2D eigenvalue weighted by Crippen LogP contribution is 2.40. The van der Waals surface area contributed by atoms with Crippen molar-refractivity contribution in [3.05, 3.63) is 88.9 Å². The lowest BCUT2D eigenvalue weighted by atomic mass is 9.95. The van der Waals surface area contributed by atoms with Gasteiger partial charge in [-0.1, -0.05) is 36.4 Å². The van der Waals surface area contributed by atoms with Crippen molar-refractivity contribution in [3.63, 3.8) is 0 Å². The summed E-state index contributed by atoms with van der Waals surface area (Å²) in [5, 5.41) is 10.4. The van der Waals surface area contributed by atoms with Crippen LogP contribution >= 0.6 is 0 Å². The highest BCUT2D eigenvalue weighted by Gasteiger charge is 2.33. The summed E-state index contributed by atoms with van der Waals surface area (Å²) < 4.78 is 13.7. The molecule has 0 radical (unpaired) electrons. The van der Waals surface area contributed by atoms with Crippen molar-refractivity contribution < 1.29 is 14.3 Å². The number of hydrogen-bond acceptors (Lipinski definition) is 5. The molecule has 2 heterocycles. The summed E-state index contributed by atoms with van der Waals surface area (Å²) in [6, 6.07) is 17.4. The number of nitrogens with zero attached hydrogens (tertiary/aromatic N) is 3. The van der Waals surface area contributed by atoms with Gasteiger partial charge in [0.25, 0.3) is 0 Å². The summed E-state index contributed by atoms with van der Waals surface area (Å²) in [5.74, 6) is -0.280. The summed E-state index contributed by atoms with van der Waals surface area (Å²) >= 11 is 0. The number of halogens is 1. The Hall–Kier alpha value is -3.84. The number of nitrogen functional groups attached to an aromatic ring is 1. The first-order valence-electron chi connectivity index (χ1n) is 9.84. The minimum absolute atomic E-state index is 0.128. The van der Waals surface area contributed by atoms with Crippen LogP contribution in [-0.4, -0.2) is 26.4 Å². The number of carbonyl (C=O) groups is 1. The molecular formula is C24H19FN4O2. The summed E-state index contributed by atoms with van der Waals surface area (Å²) in [7, 11) is 0. The molecule has 0 saturated heterocycles. The quantitative estimate of drug-likeness (QED) is 0.498. The topological polar surface area (TPSA) is 92.3 Å². The Labute approximate surface area is 177 Å². The number of aliphatic hydroxyl groups excluding tert-OH is 1. The molecule has 154 valence electrons. The molecule has 5 rings (SSSR count). The van der Waals surface area contributed by atoms with E-state index in [0.29, 0.717) is 28.9 Å². The molecule has 1 aliphatic heterocycles. The van der Waals surface area contributed by atoms with E-state index >= 15 is 0 Å². The molecule has 1 aliphatic rings. The Morgan fingerprint density at radius 3 is 2.77 bits per heavy atom. The normalized spacial score (nSPS) is 15.3. The Morgan fingerprint density at radius 2 is 1.97 bits per heavy atom. The first-order chi connectivity index (χ1) is 15.1. The zero-order valence-corrected chi connectivity index (χ0v) is 16.5. The number of nitrogens with two attached hydrogens (primary N) is 1. The SMILES string of the molecule is Nc1nc(C2c3ccccc3CN2C=O)c2cc(-c3ccc(F)cc3CO)ccc2n1. The Morgan fingerprint density at radius 1 is 1.13 bits per heavy atom. The molecule has 1 aromatic heterocycles. The second-order valence-corrected chi connectivity index (χ2v) is 7.54. The van der Waals surface area contributed by atoms with Crippen molar-refractivity contribution in [2.75, 3.05) is 5.73 Å². The van der Waals surface area contributed by atoms with Crippen molar-refractivity contribution in [1.29, 1.82) is 0 Å². The van der Waals surface area contributed by atoms with E-state index in [1.54, 1.807) is 11.0 Å². The van der Waals surface area contributed by atoms with E-state index in [0.717, 1.165) is 28.5 Å². The predicted molar refractivity (Wildman–Crippen MR) is 115 cm³/mol. The van der Waals surface area contributed by atoms with Crippen molar-refractivity contribution >= 4 is 23.3 Å². The van der Waals surface area contributed by atoms with Gasteiger partial charge in [-0.25, -0.2) is 14.4 Å². The zero-order valence-electron chi connectivity index (χ0n) is 16.5. The van der Waals surface area contributed by atoms with Crippen molar-refractivity contribution in [3.8, 4) is 11.1 Å². The van der Waals surface area contributed by atoms with Crippen LogP contribution in [0.1, 0.15) is 28.4 Å². The van der Waals surface area contributed by atoms with E-state index in [1.165, 1.54) is 12.1 Å². The molecule has 31 heavy (non-hydrogen) atoms. The van der Waals surface area contributed by atoms with Gasteiger partial charge in [0.05, 0.1) is 17.8 Å². The molecule has 3 aromatic carbocycles. The van der Waals surface area contributed by atoms with Gasteiger partial charge in [0.1, 0.15) is 11.9 Å². The molecule has 4 aromatic rings. The van der Waals surface area contributed by atoms with Crippen molar-refractivity contribution in [2.45, 2.75) is 19.2 Å². The number of amides is 1. The van der Waals surface area contributed by atoms with Crippen LogP contribution in [-0.2, 0) is 17.9 Å². The third-order valence-electron chi connectivity index (χ3n) is 5.72. The van der Waals surface area contributed by atoms with Crippen LogP contribution in [0.3, 0.4) is 0 Å². The number of hydrogen-bond donors (Lipinski definition) is 2. The molecular weight excluding hydrogens is 395 g/mol. The van der Waals surface area contributed by atoms with Gasteiger partial charge >= 0.3 is 0 Å². The lowest BCUT2D eigenvalue weighted by molar-refractivity contribution is -0.119. The molecule has 1 atom stereocenters. The minimum Gasteiger partial charge on any atom is -0.392 e. The number of rotatable bonds is 4. The fraction of sp³-hybridized carbons (Fsp3) is 0.125. The molecule has 1 amide bonds. The monoisotopic (exact) mass is 414 g/mol. The Balaban J connectivity index is 1.74. The number of fused-ring (bicyclic) bond motifs is 2. The van der Waals surface area contributed by atoms with Crippen LogP contribution in [0.2, 0.25) is 0 Å². The van der Waals surface area contributed by atoms with Gasteiger partial charge in [0.15, 0.2) is 0 Å². The highest BCUT2D eigenvalue weighted by atomic mass is 19.1. The van der Waals surface area contributed by atoms with Crippen LogP contribution < -0.4 is 5.73 Å². The van der Waals surface area contributed by atoms with E-state index in [-0.39, 0.29) is 18.6 Å². The maximum Gasteiger partial charge on any atom is 0.220 e. The molecule has 7 heteroatoms. The van der Waals surface area contributed by atoms with Gasteiger partial charge in [-0.3, -0.25) is 4.79 Å². The number of aliphatic hydroxyl groups is 1. The lowest BCUT2D eigenvalue weighted by Crippen LogP contribution is -2.22. The summed E-state index contributed by atoms with van der Waals surface area (Å²) in [6.45, 7) is 0.202. The van der Waals surface area contributed by atoms with Gasteiger partial charge in [-0.2, -0.15) is 0 Å². The van der Waals surface area contributed by atoms with Gasteiger partial charge < -0.3 is 15.7 Å². The van der Waals surface area contributed by atoms with E-state index in [9.17, 15) is 14.3 Å². The number of carbonyl (C=O) groups excluding carboxylic acids is 1. The minimum atomic E-state index is -0.408. The van der Waals surface area contributed by atoms with E-state index in [1.807, 2.05) is 42.5 Å². The van der Waals surface area contributed by atoms with Crippen molar-refractivity contribution in [1.82, 2.24) is 14.9 Å². The fourth-order valence-electron chi connectivity index (χ4n) is 4.34. The highest BCUT2D eigenvalue weighted by molar-refractivity contribution is 5.88. The van der Waals surface area contributed by atoms with Crippen LogP contribution in [0.4, 0.5) is 10.3 Å². The predicted octanol–water partition coefficient (Wildman–Crippen LogP) is 3.57. The number of aromatic nitrogens is 2. The lowest BCUT2D eigenvalue weighted by Gasteiger charge is -2.22. The molecule has 0 bridgehead atoms. The third-order valence-corrected chi connectivity index (χ3v) is 5.72. The Bertz CT molecular complexity index is 1320. The van der Waals surface area contributed by atoms with Gasteiger partial charge in [0.2, 0.25) is 12.4 Å². The first kappa shape index (κ1) is 19.1. The summed E-state index contributed by atoms with van der Waals surface area (Å²) in [4.78, 5) is 22.4. The largest absolute Gasteiger partial charge is 0.392 e. The fourth-order valence-corrected chi connectivity index (χ4v) is 4.34. The van der Waals surface area contributed by atoms with Gasteiger partial charge in [-0.15, -0.1) is 0 Å². The average molecular weight is 414 g/mol. The smallest absolute Gasteiger partial charge is 0.220 e. The summed E-state index contributed by atoms with van der Waals surface area (Å²) in [5.41, 5.74) is 11.3. The standard InChI is InChI=1S/C24H19FN4O2/c25-17-6-7-18(16(9-17)12-30)14-5-8-21-20(10-14)22(28-24(26)27-21)23-19-4-2-1-3-15(19)11-29(23)13-31/h1-10,13,23,30H,11-12H2,(H2,26,27,28). The van der Waals surface area contributed by atoms with Gasteiger partial charge in [0, 0.05) is 11.9 Å². The second kappa shape index (κ2) is 7.45. The maximum absolute atomic E-state index is 13.7. The summed E-state index contributed by atoms with van der Waals surface area (Å²) in [6.07, 6.45) is 0.822. The van der Waals surface area contributed by atoms with E-state index < -0.39 is 5.82 Å². The molecule has 1 unspecified atom stereocenters. The second-order valence-electron chi connectivity index (χ2n) is 7.54. The van der Waals surface area contributed by atoms with Crippen LogP contribution in [0.25, 0.3) is 22.0 Å². The molecule has 3 N–H and O–H groups in total. The van der Waals surface area contributed by atoms with Gasteiger partial charge in [-0.05, 0) is 52.1 Å². The molecule has 6 nitrogen and oxygen atoms in total. The molecule has 0 fully saturated rings. The molecule has 0 saturated carbocycles.